The highest BCUT2D eigenvalue weighted by Gasteiger charge is 2.46. The lowest BCUT2D eigenvalue weighted by Gasteiger charge is -2.41. The van der Waals surface area contributed by atoms with E-state index in [2.05, 4.69) is 35.0 Å². The number of hydrogen-bond acceptors (Lipinski definition) is 7. The normalized spacial score (nSPS) is 29.5. The van der Waals surface area contributed by atoms with Gasteiger partial charge in [-0.25, -0.2) is 0 Å². The molecule has 27 heavy (non-hydrogen) atoms. The van der Waals surface area contributed by atoms with Gasteiger partial charge in [0.25, 0.3) is 0 Å². The second-order valence-electron chi connectivity index (χ2n) is 7.63. The molecule has 4 atom stereocenters. The average Bonchev–Trinajstić information content (AvgIpc) is 3.02. The Kier molecular flexibility index (Phi) is 6.94. The quantitative estimate of drug-likeness (QED) is 0.629. The number of rotatable bonds is 7. The number of ether oxygens (including phenoxy) is 2. The predicted molar refractivity (Wildman–Crippen MR) is 105 cm³/mol. The number of nitrogens with one attached hydrogen (secondary N) is 1. The molecule has 3 rings (SSSR count). The van der Waals surface area contributed by atoms with Crippen LogP contribution in [0, 0.1) is 0 Å². The minimum absolute atomic E-state index is 0.104. The summed E-state index contributed by atoms with van der Waals surface area (Å²) in [6, 6.07) is 8.31. The van der Waals surface area contributed by atoms with Gasteiger partial charge >= 0.3 is 0 Å². The maximum absolute atomic E-state index is 10.7. The minimum Gasteiger partial charge on any atom is -0.495 e. The predicted octanol–water partition coefficient (Wildman–Crippen LogP) is 0.304. The molecule has 0 aliphatic carbocycles. The van der Waals surface area contributed by atoms with Gasteiger partial charge in [-0.2, -0.15) is 0 Å². The molecule has 7 nitrogen and oxygen atoms in total. The first-order valence-corrected chi connectivity index (χ1v) is 9.85. The molecule has 1 aromatic rings. The lowest BCUT2D eigenvalue weighted by atomic mass is 10.0. The second-order valence-corrected chi connectivity index (χ2v) is 7.63. The lowest BCUT2D eigenvalue weighted by molar-refractivity contribution is -0.0216. The molecule has 7 heteroatoms. The molecule has 0 saturated carbocycles. The number of benzene rings is 1. The van der Waals surface area contributed by atoms with Crippen molar-refractivity contribution in [3.63, 3.8) is 0 Å². The van der Waals surface area contributed by atoms with Gasteiger partial charge in [-0.15, -0.1) is 0 Å². The summed E-state index contributed by atoms with van der Waals surface area (Å²) >= 11 is 0. The summed E-state index contributed by atoms with van der Waals surface area (Å²) in [7, 11) is 1.70. The molecule has 4 unspecified atom stereocenters. The lowest BCUT2D eigenvalue weighted by Crippen LogP contribution is -2.57. The van der Waals surface area contributed by atoms with Crippen LogP contribution in [0.5, 0.6) is 5.75 Å². The number of aliphatic hydroxyl groups excluding tert-OH is 2. The van der Waals surface area contributed by atoms with Crippen LogP contribution in [0.2, 0.25) is 0 Å². The van der Waals surface area contributed by atoms with E-state index in [1.165, 1.54) is 0 Å². The Morgan fingerprint density at radius 2 is 1.89 bits per heavy atom. The van der Waals surface area contributed by atoms with E-state index in [0.717, 1.165) is 37.6 Å². The number of hydrogen-bond donors (Lipinski definition) is 3. The van der Waals surface area contributed by atoms with Crippen molar-refractivity contribution in [1.82, 2.24) is 10.2 Å². The molecule has 2 saturated heterocycles. The number of methoxy groups -OCH3 is 1. The molecule has 0 aromatic heterocycles. The van der Waals surface area contributed by atoms with Gasteiger partial charge in [0.05, 0.1) is 31.5 Å². The first-order chi connectivity index (χ1) is 13.0. The molecule has 0 radical (unpaired) electrons. The summed E-state index contributed by atoms with van der Waals surface area (Å²) < 4.78 is 11.4. The van der Waals surface area contributed by atoms with Gasteiger partial charge in [0, 0.05) is 38.8 Å². The molecule has 0 bridgehead atoms. The van der Waals surface area contributed by atoms with E-state index in [0.29, 0.717) is 12.6 Å². The van der Waals surface area contributed by atoms with Crippen LogP contribution in [-0.4, -0.2) is 91.9 Å². The third-order valence-electron chi connectivity index (χ3n) is 5.53. The SMILES string of the molecule is COc1ccccc1N1CCN(C2C(CNC(C)C)OC(CO)C2O)CC1. The first-order valence-electron chi connectivity index (χ1n) is 9.85. The fourth-order valence-corrected chi connectivity index (χ4v) is 4.10. The number of nitrogens with zero attached hydrogens (tertiary/aromatic N) is 2. The maximum atomic E-state index is 10.7. The van der Waals surface area contributed by atoms with E-state index < -0.39 is 12.2 Å². The van der Waals surface area contributed by atoms with Crippen molar-refractivity contribution in [2.75, 3.05) is 51.3 Å². The van der Waals surface area contributed by atoms with Gasteiger partial charge in [0.15, 0.2) is 0 Å². The maximum Gasteiger partial charge on any atom is 0.142 e. The van der Waals surface area contributed by atoms with Crippen LogP contribution in [0.4, 0.5) is 5.69 Å². The smallest absolute Gasteiger partial charge is 0.142 e. The Balaban J connectivity index is 1.65. The van der Waals surface area contributed by atoms with Crippen molar-refractivity contribution in [1.29, 1.82) is 0 Å². The van der Waals surface area contributed by atoms with Crippen LogP contribution in [0.1, 0.15) is 13.8 Å². The topological polar surface area (TPSA) is 77.4 Å². The Bertz CT molecular complexity index is 592. The van der Waals surface area contributed by atoms with Crippen molar-refractivity contribution in [3.05, 3.63) is 24.3 Å². The highest BCUT2D eigenvalue weighted by molar-refractivity contribution is 5.58. The summed E-state index contributed by atoms with van der Waals surface area (Å²) in [5.74, 6) is 0.884. The van der Waals surface area contributed by atoms with Crippen molar-refractivity contribution in [2.45, 2.75) is 44.2 Å². The highest BCUT2D eigenvalue weighted by atomic mass is 16.5. The Morgan fingerprint density at radius 3 is 2.52 bits per heavy atom. The molecule has 2 aliphatic heterocycles. The van der Waals surface area contributed by atoms with Gasteiger partial charge in [-0.3, -0.25) is 4.90 Å². The van der Waals surface area contributed by atoms with Crippen molar-refractivity contribution in [2.24, 2.45) is 0 Å². The van der Waals surface area contributed by atoms with Crippen LogP contribution in [0.3, 0.4) is 0 Å². The molecule has 1 aromatic carbocycles. The van der Waals surface area contributed by atoms with Gasteiger partial charge in [0.1, 0.15) is 18.0 Å². The van der Waals surface area contributed by atoms with Crippen LogP contribution in [0.15, 0.2) is 24.3 Å². The Labute approximate surface area is 161 Å². The van der Waals surface area contributed by atoms with Gasteiger partial charge in [0.2, 0.25) is 0 Å². The molecule has 2 heterocycles. The summed E-state index contributed by atoms with van der Waals surface area (Å²) in [5.41, 5.74) is 1.11. The monoisotopic (exact) mass is 379 g/mol. The van der Waals surface area contributed by atoms with Crippen LogP contribution >= 0.6 is 0 Å². The van der Waals surface area contributed by atoms with Crippen LogP contribution in [-0.2, 0) is 4.74 Å². The number of aliphatic hydroxyl groups is 2. The molecule has 0 spiro atoms. The summed E-state index contributed by atoms with van der Waals surface area (Å²) in [6.07, 6.45) is -1.31. The fourth-order valence-electron chi connectivity index (χ4n) is 4.10. The average molecular weight is 380 g/mol. The van der Waals surface area contributed by atoms with Gasteiger partial charge in [-0.1, -0.05) is 26.0 Å². The number of para-hydroxylation sites is 2. The van der Waals surface area contributed by atoms with E-state index in [9.17, 15) is 10.2 Å². The van der Waals surface area contributed by atoms with Crippen LogP contribution in [0.25, 0.3) is 0 Å². The zero-order valence-electron chi connectivity index (χ0n) is 16.5. The van der Waals surface area contributed by atoms with Crippen molar-refractivity contribution >= 4 is 5.69 Å². The Morgan fingerprint density at radius 1 is 1.19 bits per heavy atom. The van der Waals surface area contributed by atoms with E-state index in [1.54, 1.807) is 7.11 Å². The Hall–Kier alpha value is -1.38. The van der Waals surface area contributed by atoms with E-state index >= 15 is 0 Å². The fraction of sp³-hybridized carbons (Fsp3) is 0.700. The first kappa shape index (κ1) is 20.4. The van der Waals surface area contributed by atoms with E-state index in [-0.39, 0.29) is 18.8 Å². The molecule has 2 fully saturated rings. The molecule has 2 aliphatic rings. The number of piperazine rings is 1. The molecule has 152 valence electrons. The van der Waals surface area contributed by atoms with Gasteiger partial charge < -0.3 is 29.9 Å². The van der Waals surface area contributed by atoms with E-state index in [1.807, 2.05) is 18.2 Å². The third kappa shape index (κ3) is 4.55. The summed E-state index contributed by atoms with van der Waals surface area (Å²) in [6.45, 7) is 8.08. The molecular formula is C20H33N3O4. The van der Waals surface area contributed by atoms with E-state index in [4.69, 9.17) is 9.47 Å². The van der Waals surface area contributed by atoms with Gasteiger partial charge in [-0.05, 0) is 12.1 Å². The number of anilines is 1. The zero-order chi connectivity index (χ0) is 19.4. The standard InChI is InChI=1S/C20H33N3O4/c1-14(2)21-12-17-19(20(25)18(13-24)27-17)23-10-8-22(9-11-23)15-6-4-5-7-16(15)26-3/h4-7,14,17-21,24-25H,8-13H2,1-3H3. The summed E-state index contributed by atoms with van der Waals surface area (Å²) in [5, 5.41) is 23.7. The third-order valence-corrected chi connectivity index (χ3v) is 5.53. The zero-order valence-corrected chi connectivity index (χ0v) is 16.5. The molecule has 3 N–H and O–H groups in total. The van der Waals surface area contributed by atoms with Crippen molar-refractivity contribution in [3.8, 4) is 5.75 Å². The van der Waals surface area contributed by atoms with Crippen molar-refractivity contribution < 1.29 is 19.7 Å². The second kappa shape index (κ2) is 9.21. The minimum atomic E-state index is -0.674. The summed E-state index contributed by atoms with van der Waals surface area (Å²) in [4.78, 5) is 4.63. The largest absolute Gasteiger partial charge is 0.495 e. The molecular weight excluding hydrogens is 346 g/mol. The molecule has 0 amide bonds. The van der Waals surface area contributed by atoms with Crippen LogP contribution < -0.4 is 15.0 Å². The highest BCUT2D eigenvalue weighted by Crippen LogP contribution is 2.31.